The van der Waals surface area contributed by atoms with E-state index in [2.05, 4.69) is 15.8 Å². The largest absolute Gasteiger partial charge is 0.480 e. The van der Waals surface area contributed by atoms with E-state index in [1.165, 1.54) is 17.4 Å². The van der Waals surface area contributed by atoms with Gasteiger partial charge >= 0.3 is 5.97 Å². The molecule has 0 fully saturated rings. The molecule has 110 valence electrons. The first-order valence-electron chi connectivity index (χ1n) is 5.83. The van der Waals surface area contributed by atoms with Crippen molar-refractivity contribution in [1.82, 2.24) is 15.8 Å². The smallest absolute Gasteiger partial charge is 0.322 e. The van der Waals surface area contributed by atoms with Crippen LogP contribution in [0.2, 0.25) is 0 Å². The molecular formula is C12H11N3O5S. The Morgan fingerprint density at radius 3 is 2.76 bits per heavy atom. The number of carbonyl (C=O) groups is 3. The van der Waals surface area contributed by atoms with Crippen LogP contribution < -0.4 is 10.6 Å². The molecule has 9 heteroatoms. The molecule has 0 aliphatic rings. The Bertz CT molecular complexity index is 650. The van der Waals surface area contributed by atoms with Gasteiger partial charge in [0.25, 0.3) is 5.91 Å². The van der Waals surface area contributed by atoms with Crippen LogP contribution in [0.5, 0.6) is 0 Å². The van der Waals surface area contributed by atoms with Gasteiger partial charge < -0.3 is 20.3 Å². The Balaban J connectivity index is 1.86. The highest BCUT2D eigenvalue weighted by atomic mass is 32.1. The number of nitrogens with one attached hydrogen (secondary N) is 2. The molecular weight excluding hydrogens is 298 g/mol. The van der Waals surface area contributed by atoms with Gasteiger partial charge in [0.15, 0.2) is 11.5 Å². The van der Waals surface area contributed by atoms with E-state index in [-0.39, 0.29) is 12.2 Å². The summed E-state index contributed by atoms with van der Waals surface area (Å²) < 4.78 is 5.04. The van der Waals surface area contributed by atoms with Gasteiger partial charge in [-0.25, -0.2) is 0 Å². The Hall–Kier alpha value is -2.68. The predicted octanol–water partition coefficient (Wildman–Crippen LogP) is 0.334. The molecule has 21 heavy (non-hydrogen) atoms. The molecule has 0 saturated carbocycles. The van der Waals surface area contributed by atoms with Gasteiger partial charge in [0.05, 0.1) is 11.4 Å². The first kappa shape index (κ1) is 14.7. The van der Waals surface area contributed by atoms with E-state index in [0.717, 1.165) is 4.88 Å². The zero-order valence-corrected chi connectivity index (χ0v) is 11.5. The maximum absolute atomic E-state index is 11.7. The van der Waals surface area contributed by atoms with Crippen LogP contribution >= 0.6 is 11.3 Å². The first-order chi connectivity index (χ1) is 10.1. The topological polar surface area (TPSA) is 122 Å². The summed E-state index contributed by atoms with van der Waals surface area (Å²) in [7, 11) is 0. The van der Waals surface area contributed by atoms with E-state index in [9.17, 15) is 14.4 Å². The van der Waals surface area contributed by atoms with Crippen LogP contribution in [0.4, 0.5) is 0 Å². The second-order valence-corrected chi connectivity index (χ2v) is 4.85. The lowest BCUT2D eigenvalue weighted by atomic mass is 10.3. The summed E-state index contributed by atoms with van der Waals surface area (Å²) in [6.45, 7) is -0.839. The fraction of sp³-hybridized carbons (Fsp3) is 0.167. The fourth-order valence-electron chi connectivity index (χ4n) is 1.40. The molecule has 2 aromatic rings. The number of amides is 2. The number of aliphatic carboxylic acids is 1. The number of hydrogen-bond acceptors (Lipinski definition) is 6. The highest BCUT2D eigenvalue weighted by Gasteiger charge is 2.15. The maximum Gasteiger partial charge on any atom is 0.322 e. The van der Waals surface area contributed by atoms with Crippen LogP contribution in [0, 0.1) is 0 Å². The number of rotatable bonds is 6. The number of aromatic nitrogens is 1. The fourth-order valence-corrected chi connectivity index (χ4v) is 2.08. The second kappa shape index (κ2) is 6.66. The predicted molar refractivity (Wildman–Crippen MR) is 72.8 cm³/mol. The normalized spacial score (nSPS) is 10.1. The molecule has 3 N–H and O–H groups in total. The Labute approximate surface area is 122 Å². The van der Waals surface area contributed by atoms with Gasteiger partial charge in [0, 0.05) is 6.07 Å². The zero-order chi connectivity index (χ0) is 15.2. The van der Waals surface area contributed by atoms with E-state index in [1.807, 2.05) is 17.5 Å². The number of carboxylic acid groups (broad SMARTS) is 1. The van der Waals surface area contributed by atoms with Crippen molar-refractivity contribution in [1.29, 1.82) is 0 Å². The standard InChI is InChI=1S/C12H11N3O5S/c16-10(13-6-11(17)18)5-14-12(19)7-4-8(20-15-7)9-2-1-3-21-9/h1-4H,5-6H2,(H,13,16)(H,14,19)(H,17,18). The van der Waals surface area contributed by atoms with Crippen LogP contribution in [-0.2, 0) is 9.59 Å². The average Bonchev–Trinajstić information content (AvgIpc) is 3.11. The third-order valence-corrected chi connectivity index (χ3v) is 3.24. The number of nitrogens with zero attached hydrogens (tertiary/aromatic N) is 1. The third-order valence-electron chi connectivity index (χ3n) is 2.35. The van der Waals surface area contributed by atoms with Crippen LogP contribution in [-0.4, -0.2) is 41.1 Å². The third kappa shape index (κ3) is 4.14. The lowest BCUT2D eigenvalue weighted by Gasteiger charge is -2.02. The highest BCUT2D eigenvalue weighted by Crippen LogP contribution is 2.24. The van der Waals surface area contributed by atoms with E-state index >= 15 is 0 Å². The van der Waals surface area contributed by atoms with Crippen molar-refractivity contribution in [2.45, 2.75) is 0 Å². The molecule has 2 rings (SSSR count). The van der Waals surface area contributed by atoms with E-state index in [4.69, 9.17) is 9.63 Å². The molecule has 8 nitrogen and oxygen atoms in total. The molecule has 0 spiro atoms. The Morgan fingerprint density at radius 2 is 2.10 bits per heavy atom. The molecule has 2 aromatic heterocycles. The van der Waals surface area contributed by atoms with E-state index < -0.39 is 24.3 Å². The van der Waals surface area contributed by atoms with Crippen LogP contribution in [0.25, 0.3) is 10.6 Å². The van der Waals surface area contributed by atoms with Crippen molar-refractivity contribution in [3.63, 3.8) is 0 Å². The number of carboxylic acids is 1. The minimum absolute atomic E-state index is 0.0458. The molecule has 0 aromatic carbocycles. The summed E-state index contributed by atoms with van der Waals surface area (Å²) >= 11 is 1.44. The molecule has 0 aliphatic carbocycles. The van der Waals surface area contributed by atoms with Gasteiger partial charge in [0.1, 0.15) is 6.54 Å². The average molecular weight is 309 g/mol. The van der Waals surface area contributed by atoms with Gasteiger partial charge in [-0.1, -0.05) is 11.2 Å². The summed E-state index contributed by atoms with van der Waals surface area (Å²) in [6.07, 6.45) is 0. The van der Waals surface area contributed by atoms with Crippen molar-refractivity contribution < 1.29 is 24.0 Å². The second-order valence-electron chi connectivity index (χ2n) is 3.91. The quantitative estimate of drug-likeness (QED) is 0.707. The molecule has 2 heterocycles. The Kier molecular flexibility index (Phi) is 4.67. The van der Waals surface area contributed by atoms with Gasteiger partial charge in [-0.2, -0.15) is 0 Å². The summed E-state index contributed by atoms with van der Waals surface area (Å²) in [5, 5.41) is 18.3. The molecule has 0 atom stereocenters. The van der Waals surface area contributed by atoms with Gasteiger partial charge in [0.2, 0.25) is 5.91 Å². The minimum atomic E-state index is -1.16. The van der Waals surface area contributed by atoms with Crippen molar-refractivity contribution in [2.24, 2.45) is 0 Å². The monoisotopic (exact) mass is 309 g/mol. The number of thiophene rings is 1. The lowest BCUT2D eigenvalue weighted by molar-refractivity contribution is -0.137. The van der Waals surface area contributed by atoms with Crippen molar-refractivity contribution in [3.05, 3.63) is 29.3 Å². The summed E-state index contributed by atoms with van der Waals surface area (Å²) in [5.74, 6) is -1.88. The van der Waals surface area contributed by atoms with Crippen LogP contribution in [0.15, 0.2) is 28.1 Å². The summed E-state index contributed by atoms with van der Waals surface area (Å²) in [6, 6.07) is 5.14. The molecule has 2 amide bonds. The molecule has 0 unspecified atom stereocenters. The van der Waals surface area contributed by atoms with Gasteiger partial charge in [-0.3, -0.25) is 14.4 Å². The van der Waals surface area contributed by atoms with Gasteiger partial charge in [-0.15, -0.1) is 11.3 Å². The minimum Gasteiger partial charge on any atom is -0.480 e. The molecule has 0 saturated heterocycles. The maximum atomic E-state index is 11.7. The van der Waals surface area contributed by atoms with Crippen LogP contribution in [0.3, 0.4) is 0 Å². The van der Waals surface area contributed by atoms with Gasteiger partial charge in [-0.05, 0) is 11.4 Å². The zero-order valence-electron chi connectivity index (χ0n) is 10.7. The highest BCUT2D eigenvalue weighted by molar-refractivity contribution is 7.13. The SMILES string of the molecule is O=C(O)CNC(=O)CNC(=O)c1cc(-c2cccs2)on1. The van der Waals surface area contributed by atoms with E-state index in [0.29, 0.717) is 5.76 Å². The molecule has 0 radical (unpaired) electrons. The molecule has 0 bridgehead atoms. The Morgan fingerprint density at radius 1 is 1.29 bits per heavy atom. The van der Waals surface area contributed by atoms with E-state index in [1.54, 1.807) is 0 Å². The van der Waals surface area contributed by atoms with Crippen LogP contribution in [0.1, 0.15) is 10.5 Å². The van der Waals surface area contributed by atoms with Crippen molar-refractivity contribution in [3.8, 4) is 10.6 Å². The van der Waals surface area contributed by atoms with Crippen molar-refractivity contribution >= 4 is 29.1 Å². The first-order valence-corrected chi connectivity index (χ1v) is 6.71. The molecule has 0 aliphatic heterocycles. The summed E-state index contributed by atoms with van der Waals surface area (Å²) in [4.78, 5) is 34.1. The number of carbonyl (C=O) groups excluding carboxylic acids is 2. The van der Waals surface area contributed by atoms with Crippen molar-refractivity contribution in [2.75, 3.05) is 13.1 Å². The number of hydrogen-bond donors (Lipinski definition) is 3. The lowest BCUT2D eigenvalue weighted by Crippen LogP contribution is -2.39. The summed E-state index contributed by atoms with van der Waals surface area (Å²) in [5.41, 5.74) is 0.0458.